The Labute approximate surface area is 210 Å². The van der Waals surface area contributed by atoms with Gasteiger partial charge in [-0.1, -0.05) is 55.1 Å². The molecule has 7 heteroatoms. The van der Waals surface area contributed by atoms with Crippen molar-refractivity contribution >= 4 is 5.97 Å². The summed E-state index contributed by atoms with van der Waals surface area (Å²) in [5, 5.41) is 10.6. The molecule has 0 fully saturated rings. The maximum absolute atomic E-state index is 11.7. The van der Waals surface area contributed by atoms with E-state index in [0.717, 1.165) is 39.5 Å². The summed E-state index contributed by atoms with van der Waals surface area (Å²) in [4.78, 5) is 24.4. The average Bonchev–Trinajstić information content (AvgIpc) is 2.88. The summed E-state index contributed by atoms with van der Waals surface area (Å²) in [7, 11) is 0. The summed E-state index contributed by atoms with van der Waals surface area (Å²) in [6.07, 6.45) is 3.83. The lowest BCUT2D eigenvalue weighted by Gasteiger charge is -2.25. The van der Waals surface area contributed by atoms with Crippen molar-refractivity contribution in [3.8, 4) is 39.4 Å². The predicted octanol–water partition coefficient (Wildman–Crippen LogP) is 5.31. The fraction of sp³-hybridized carbons (Fsp3) is 0.172. The maximum atomic E-state index is 11.7. The summed E-state index contributed by atoms with van der Waals surface area (Å²) in [5.74, 6) is -1.80. The van der Waals surface area contributed by atoms with Gasteiger partial charge in [-0.15, -0.1) is 0 Å². The molecule has 7 nitrogen and oxygen atoms in total. The smallest absolute Gasteiger partial charge is 0.332 e. The number of aryl methyl sites for hydroxylation is 2. The zero-order valence-electron chi connectivity index (χ0n) is 20.4. The second kappa shape index (κ2) is 10.5. The fourth-order valence-corrected chi connectivity index (χ4v) is 3.97. The Balaban J connectivity index is 1.95. The van der Waals surface area contributed by atoms with Crippen molar-refractivity contribution in [3.63, 3.8) is 0 Å². The highest BCUT2D eigenvalue weighted by Crippen LogP contribution is 2.43. The summed E-state index contributed by atoms with van der Waals surface area (Å²) in [6, 6.07) is 20.0. The molecule has 0 bridgehead atoms. The van der Waals surface area contributed by atoms with Crippen LogP contribution in [0.5, 0.6) is 5.75 Å². The predicted molar refractivity (Wildman–Crippen MR) is 138 cm³/mol. The third kappa shape index (κ3) is 5.47. The third-order valence-corrected chi connectivity index (χ3v) is 5.69. The molecule has 1 N–H and O–H groups in total. The van der Waals surface area contributed by atoms with Crippen molar-refractivity contribution in [3.05, 3.63) is 97.1 Å². The van der Waals surface area contributed by atoms with Gasteiger partial charge < -0.3 is 14.6 Å². The topological polar surface area (TPSA) is 94.4 Å². The molecule has 0 aliphatic heterocycles. The average molecular weight is 482 g/mol. The van der Waals surface area contributed by atoms with Gasteiger partial charge in [0.05, 0.1) is 5.56 Å². The van der Waals surface area contributed by atoms with Crippen LogP contribution < -0.4 is 4.74 Å². The van der Waals surface area contributed by atoms with Crippen LogP contribution in [0.15, 0.2) is 86.0 Å². The number of benzene rings is 3. The second-order valence-electron chi connectivity index (χ2n) is 8.58. The first kappa shape index (κ1) is 24.8. The van der Waals surface area contributed by atoms with Crippen LogP contribution in [0.2, 0.25) is 0 Å². The number of nitrogens with zero attached hydrogens (tertiary/aromatic N) is 3. The molecule has 0 radical (unpaired) electrons. The largest absolute Gasteiger partial charge is 0.486 e. The van der Waals surface area contributed by atoms with Crippen molar-refractivity contribution in [2.45, 2.75) is 26.6 Å². The van der Waals surface area contributed by atoms with Gasteiger partial charge in [0.15, 0.2) is 12.4 Å². The van der Waals surface area contributed by atoms with E-state index >= 15 is 0 Å². The van der Waals surface area contributed by atoms with Crippen LogP contribution in [0.1, 0.15) is 18.1 Å². The highest BCUT2D eigenvalue weighted by atomic mass is 16.7. The summed E-state index contributed by atoms with van der Waals surface area (Å²) < 4.78 is 11.2. The van der Waals surface area contributed by atoms with Gasteiger partial charge in [-0.05, 0) is 59.4 Å². The van der Waals surface area contributed by atoms with E-state index in [9.17, 15) is 9.90 Å². The standard InChI is InChI=1S/C29H27N3O4/c1-5-26(33)36-29(4,34)16-35-25-15-21(22-12-8-6-10-19(22)2)14-24(23-13-9-7-11-20(23)3)27(25)28-31-17-30-18-32-28/h5-15,17-18,34H,1,16H2,2-4H3. The Kier molecular flexibility index (Phi) is 7.22. The highest BCUT2D eigenvalue weighted by Gasteiger charge is 2.28. The number of aliphatic hydroxyl groups is 1. The van der Waals surface area contributed by atoms with Gasteiger partial charge in [-0.25, -0.2) is 19.7 Å². The SMILES string of the molecule is C=CC(=O)OC(C)(O)COc1cc(-c2ccccc2C)cc(-c2ccccc2C)c1-c1ncncn1. The molecule has 0 spiro atoms. The third-order valence-electron chi connectivity index (χ3n) is 5.69. The molecule has 0 saturated heterocycles. The number of ether oxygens (including phenoxy) is 2. The van der Waals surface area contributed by atoms with Crippen LogP contribution in [0, 0.1) is 13.8 Å². The van der Waals surface area contributed by atoms with Crippen molar-refractivity contribution in [1.29, 1.82) is 0 Å². The van der Waals surface area contributed by atoms with E-state index in [-0.39, 0.29) is 6.61 Å². The normalized spacial score (nSPS) is 12.4. The summed E-state index contributed by atoms with van der Waals surface area (Å²) >= 11 is 0. The molecule has 1 unspecified atom stereocenters. The van der Waals surface area contributed by atoms with Crippen LogP contribution in [-0.4, -0.2) is 38.4 Å². The van der Waals surface area contributed by atoms with Crippen LogP contribution in [-0.2, 0) is 9.53 Å². The minimum Gasteiger partial charge on any atom is -0.486 e. The summed E-state index contributed by atoms with van der Waals surface area (Å²) in [6.45, 7) is 8.48. The lowest BCUT2D eigenvalue weighted by atomic mass is 9.90. The molecule has 4 rings (SSSR count). The Morgan fingerprint density at radius 2 is 1.58 bits per heavy atom. The number of carbonyl (C=O) groups excluding carboxylic acids is 1. The first-order chi connectivity index (χ1) is 17.3. The van der Waals surface area contributed by atoms with E-state index in [1.165, 1.54) is 19.6 Å². The maximum Gasteiger partial charge on any atom is 0.332 e. The van der Waals surface area contributed by atoms with E-state index in [2.05, 4.69) is 27.6 Å². The lowest BCUT2D eigenvalue weighted by Crippen LogP contribution is -2.37. The van der Waals surface area contributed by atoms with Gasteiger partial charge in [0, 0.05) is 13.0 Å². The monoisotopic (exact) mass is 481 g/mol. The number of hydrogen-bond acceptors (Lipinski definition) is 7. The van der Waals surface area contributed by atoms with Crippen molar-refractivity contribution in [1.82, 2.24) is 15.0 Å². The van der Waals surface area contributed by atoms with Crippen LogP contribution in [0.4, 0.5) is 0 Å². The van der Waals surface area contributed by atoms with E-state index in [1.807, 2.05) is 68.4 Å². The van der Waals surface area contributed by atoms with Crippen LogP contribution in [0.25, 0.3) is 33.6 Å². The molecule has 0 aliphatic rings. The molecule has 0 saturated carbocycles. The number of rotatable bonds is 8. The first-order valence-electron chi connectivity index (χ1n) is 11.4. The van der Waals surface area contributed by atoms with Crippen molar-refractivity contribution in [2.24, 2.45) is 0 Å². The molecule has 182 valence electrons. The Bertz CT molecular complexity index is 1400. The zero-order chi connectivity index (χ0) is 25.7. The fourth-order valence-electron chi connectivity index (χ4n) is 3.97. The van der Waals surface area contributed by atoms with E-state index in [4.69, 9.17) is 9.47 Å². The Hall–Kier alpha value is -4.36. The lowest BCUT2D eigenvalue weighted by molar-refractivity contribution is -0.206. The molecule has 1 atom stereocenters. The molecule has 36 heavy (non-hydrogen) atoms. The minimum absolute atomic E-state index is 0.324. The van der Waals surface area contributed by atoms with Crippen molar-refractivity contribution < 1.29 is 19.4 Å². The van der Waals surface area contributed by atoms with Gasteiger partial charge >= 0.3 is 5.97 Å². The number of esters is 1. The zero-order valence-corrected chi connectivity index (χ0v) is 20.4. The molecular weight excluding hydrogens is 454 g/mol. The van der Waals surface area contributed by atoms with E-state index in [0.29, 0.717) is 17.1 Å². The second-order valence-corrected chi connectivity index (χ2v) is 8.58. The molecule has 0 aliphatic carbocycles. The molecule has 4 aromatic rings. The molecule has 0 amide bonds. The summed E-state index contributed by atoms with van der Waals surface area (Å²) in [5.41, 5.74) is 6.59. The molecule has 3 aromatic carbocycles. The van der Waals surface area contributed by atoms with Gasteiger partial charge in [-0.3, -0.25) is 0 Å². The number of hydrogen-bond donors (Lipinski definition) is 1. The van der Waals surface area contributed by atoms with Gasteiger partial charge in [-0.2, -0.15) is 0 Å². The highest BCUT2D eigenvalue weighted by molar-refractivity contribution is 5.90. The van der Waals surface area contributed by atoms with Gasteiger partial charge in [0.2, 0.25) is 5.79 Å². The molecule has 1 heterocycles. The quantitative estimate of drug-likeness (QED) is 0.207. The Morgan fingerprint density at radius 1 is 0.972 bits per heavy atom. The van der Waals surface area contributed by atoms with Crippen LogP contribution in [0.3, 0.4) is 0 Å². The van der Waals surface area contributed by atoms with E-state index < -0.39 is 11.8 Å². The minimum atomic E-state index is -1.89. The molecule has 1 aromatic heterocycles. The van der Waals surface area contributed by atoms with Gasteiger partial charge in [0.25, 0.3) is 0 Å². The van der Waals surface area contributed by atoms with Gasteiger partial charge in [0.1, 0.15) is 18.4 Å². The van der Waals surface area contributed by atoms with E-state index in [1.54, 1.807) is 0 Å². The number of aromatic nitrogens is 3. The molecular formula is C29H27N3O4. The first-order valence-corrected chi connectivity index (χ1v) is 11.4. The Morgan fingerprint density at radius 3 is 2.19 bits per heavy atom. The van der Waals surface area contributed by atoms with Crippen molar-refractivity contribution in [2.75, 3.05) is 6.61 Å². The van der Waals surface area contributed by atoms with Crippen LogP contribution >= 0.6 is 0 Å². The number of carbonyl (C=O) groups is 1.